The fourth-order valence-electron chi connectivity index (χ4n) is 3.03. The minimum Gasteiger partial charge on any atom is -0.497 e. The highest BCUT2D eigenvalue weighted by molar-refractivity contribution is 7.99. The lowest BCUT2D eigenvalue weighted by Crippen LogP contribution is -2.12. The number of nitrogens with zero attached hydrogens (tertiary/aromatic N) is 1. The summed E-state index contributed by atoms with van der Waals surface area (Å²) >= 11 is 7.21. The lowest BCUT2D eigenvalue weighted by atomic mass is 10.1. The van der Waals surface area contributed by atoms with Crippen molar-refractivity contribution in [1.29, 1.82) is 0 Å². The third-order valence-corrected chi connectivity index (χ3v) is 5.79. The summed E-state index contributed by atoms with van der Waals surface area (Å²) in [7, 11) is 3.33. The van der Waals surface area contributed by atoms with Crippen molar-refractivity contribution in [1.82, 2.24) is 0 Å². The summed E-state index contributed by atoms with van der Waals surface area (Å²) < 4.78 is 10.5. The van der Waals surface area contributed by atoms with Crippen molar-refractivity contribution in [3.8, 4) is 11.5 Å². The standard InChI is InChI=1S/C23H20N2O2S2/c1-26-16-5-3-15(4-6-16)21-14-23(28)25-20-12-11-19(13-22(20)24-21)29-18-9-7-17(27-2)8-10-18/h3-13H,14H2,1-2H3,(H,25,28). The lowest BCUT2D eigenvalue weighted by Gasteiger charge is -2.08. The van der Waals surface area contributed by atoms with Crippen LogP contribution in [-0.4, -0.2) is 24.9 Å². The van der Waals surface area contributed by atoms with E-state index in [0.717, 1.165) is 48.9 Å². The van der Waals surface area contributed by atoms with Gasteiger partial charge in [0.2, 0.25) is 0 Å². The van der Waals surface area contributed by atoms with E-state index in [0.29, 0.717) is 6.42 Å². The number of rotatable bonds is 5. The highest BCUT2D eigenvalue weighted by atomic mass is 32.2. The molecule has 0 aliphatic carbocycles. The normalized spacial score (nSPS) is 13.0. The fourth-order valence-corrected chi connectivity index (χ4v) is 4.13. The predicted octanol–water partition coefficient (Wildman–Crippen LogP) is 6.12. The van der Waals surface area contributed by atoms with E-state index in [9.17, 15) is 0 Å². The Hall–Kier alpha value is -2.83. The Kier molecular flexibility index (Phi) is 5.83. The van der Waals surface area contributed by atoms with E-state index in [4.69, 9.17) is 26.7 Å². The Morgan fingerprint density at radius 3 is 2.14 bits per heavy atom. The van der Waals surface area contributed by atoms with Crippen molar-refractivity contribution in [2.75, 3.05) is 19.5 Å². The van der Waals surface area contributed by atoms with Gasteiger partial charge in [-0.15, -0.1) is 0 Å². The number of thiocarbonyl (C=S) groups is 1. The molecule has 0 aromatic heterocycles. The maximum atomic E-state index is 5.52. The predicted molar refractivity (Wildman–Crippen MR) is 124 cm³/mol. The van der Waals surface area contributed by atoms with E-state index in [1.54, 1.807) is 26.0 Å². The molecule has 29 heavy (non-hydrogen) atoms. The topological polar surface area (TPSA) is 42.9 Å². The van der Waals surface area contributed by atoms with Crippen molar-refractivity contribution in [3.05, 3.63) is 72.3 Å². The van der Waals surface area contributed by atoms with E-state index in [-0.39, 0.29) is 0 Å². The van der Waals surface area contributed by atoms with Crippen molar-refractivity contribution >= 4 is 46.1 Å². The number of hydrogen-bond acceptors (Lipinski definition) is 5. The molecule has 1 heterocycles. The number of ether oxygens (including phenoxy) is 2. The second-order valence-corrected chi connectivity index (χ2v) is 8.11. The number of anilines is 1. The lowest BCUT2D eigenvalue weighted by molar-refractivity contribution is 0.414. The Bertz CT molecular complexity index is 1060. The zero-order valence-corrected chi connectivity index (χ0v) is 17.8. The van der Waals surface area contributed by atoms with Gasteiger partial charge in [0.05, 0.1) is 36.3 Å². The first-order chi connectivity index (χ1) is 14.1. The molecule has 6 heteroatoms. The van der Waals surface area contributed by atoms with Gasteiger partial charge < -0.3 is 14.8 Å². The molecule has 3 aromatic rings. The number of fused-ring (bicyclic) bond motifs is 1. The zero-order valence-electron chi connectivity index (χ0n) is 16.1. The zero-order chi connectivity index (χ0) is 20.2. The van der Waals surface area contributed by atoms with Gasteiger partial charge in [0, 0.05) is 16.2 Å². The van der Waals surface area contributed by atoms with E-state index in [1.165, 1.54) is 0 Å². The maximum Gasteiger partial charge on any atom is 0.118 e. The average molecular weight is 421 g/mol. The molecule has 146 valence electrons. The summed E-state index contributed by atoms with van der Waals surface area (Å²) in [6, 6.07) is 22.1. The molecule has 0 bridgehead atoms. The number of benzene rings is 3. The van der Waals surface area contributed by atoms with Crippen molar-refractivity contribution in [2.45, 2.75) is 16.2 Å². The average Bonchev–Trinajstić information content (AvgIpc) is 2.92. The quantitative estimate of drug-likeness (QED) is 0.504. The molecule has 0 amide bonds. The van der Waals surface area contributed by atoms with Crippen molar-refractivity contribution in [3.63, 3.8) is 0 Å². The van der Waals surface area contributed by atoms with Crippen molar-refractivity contribution < 1.29 is 9.47 Å². The SMILES string of the molecule is COc1ccc(Sc2ccc3c(c2)N=C(c2ccc(OC)cc2)CC(=S)N3)cc1. The fraction of sp³-hybridized carbons (Fsp3) is 0.130. The first-order valence-corrected chi connectivity index (χ1v) is 10.3. The van der Waals surface area contributed by atoms with Crippen LogP contribution in [0.3, 0.4) is 0 Å². The van der Waals surface area contributed by atoms with Crippen LogP contribution >= 0.6 is 24.0 Å². The van der Waals surface area contributed by atoms with Crippen LogP contribution in [0.25, 0.3) is 0 Å². The molecule has 1 N–H and O–H groups in total. The molecule has 4 rings (SSSR count). The Labute approximate surface area is 180 Å². The molecule has 0 fully saturated rings. The highest BCUT2D eigenvalue weighted by Crippen LogP contribution is 2.36. The summed E-state index contributed by atoms with van der Waals surface area (Å²) in [4.78, 5) is 7.95. The van der Waals surface area contributed by atoms with Crippen LogP contribution in [0.2, 0.25) is 0 Å². The Morgan fingerprint density at radius 2 is 1.48 bits per heavy atom. The summed E-state index contributed by atoms with van der Waals surface area (Å²) in [6.07, 6.45) is 0.595. The van der Waals surface area contributed by atoms with Crippen molar-refractivity contribution in [2.24, 2.45) is 4.99 Å². The van der Waals surface area contributed by atoms with Gasteiger partial charge in [-0.05, 0) is 72.3 Å². The number of aliphatic imine (C=N–C) groups is 1. The number of hydrogen-bond donors (Lipinski definition) is 1. The van der Waals surface area contributed by atoms with Crippen LogP contribution in [0.1, 0.15) is 12.0 Å². The third kappa shape index (κ3) is 4.60. The first kappa shape index (κ1) is 19.5. The highest BCUT2D eigenvalue weighted by Gasteiger charge is 2.16. The smallest absolute Gasteiger partial charge is 0.118 e. The monoisotopic (exact) mass is 420 g/mol. The van der Waals surface area contributed by atoms with Crippen LogP contribution in [0.15, 0.2) is 81.5 Å². The third-order valence-electron chi connectivity index (χ3n) is 4.55. The minimum atomic E-state index is 0.595. The largest absolute Gasteiger partial charge is 0.497 e. The van der Waals surface area contributed by atoms with E-state index in [1.807, 2.05) is 42.5 Å². The van der Waals surface area contributed by atoms with Crippen LogP contribution in [0.5, 0.6) is 11.5 Å². The second kappa shape index (κ2) is 8.68. The van der Waals surface area contributed by atoms with Gasteiger partial charge in [0.15, 0.2) is 0 Å². The van der Waals surface area contributed by atoms with E-state index < -0.39 is 0 Å². The van der Waals surface area contributed by atoms with Gasteiger partial charge in [-0.1, -0.05) is 24.0 Å². The van der Waals surface area contributed by atoms with Gasteiger partial charge >= 0.3 is 0 Å². The maximum absolute atomic E-state index is 5.52. The molecule has 0 unspecified atom stereocenters. The summed E-state index contributed by atoms with van der Waals surface area (Å²) in [5.74, 6) is 1.67. The Balaban J connectivity index is 1.65. The molecular weight excluding hydrogens is 400 g/mol. The molecule has 0 saturated heterocycles. The van der Waals surface area contributed by atoms with Crippen LogP contribution in [0.4, 0.5) is 11.4 Å². The van der Waals surface area contributed by atoms with Crippen LogP contribution < -0.4 is 14.8 Å². The molecule has 0 spiro atoms. The van der Waals surface area contributed by atoms with E-state index >= 15 is 0 Å². The molecule has 1 aliphatic rings. The number of nitrogens with one attached hydrogen (secondary N) is 1. The molecule has 3 aromatic carbocycles. The molecular formula is C23H20N2O2S2. The Morgan fingerprint density at radius 1 is 0.862 bits per heavy atom. The number of methoxy groups -OCH3 is 2. The molecule has 1 aliphatic heterocycles. The molecule has 0 radical (unpaired) electrons. The van der Waals surface area contributed by atoms with Gasteiger partial charge in [0.1, 0.15) is 11.5 Å². The van der Waals surface area contributed by atoms with Crippen LogP contribution in [-0.2, 0) is 0 Å². The van der Waals surface area contributed by atoms with Gasteiger partial charge in [-0.25, -0.2) is 0 Å². The minimum absolute atomic E-state index is 0.595. The first-order valence-electron chi connectivity index (χ1n) is 9.12. The molecule has 0 atom stereocenters. The molecule has 0 saturated carbocycles. The van der Waals surface area contributed by atoms with Gasteiger partial charge in [-0.2, -0.15) is 0 Å². The summed E-state index contributed by atoms with van der Waals surface area (Å²) in [5, 5.41) is 3.32. The van der Waals surface area contributed by atoms with Gasteiger partial charge in [-0.3, -0.25) is 4.99 Å². The molecule has 4 nitrogen and oxygen atoms in total. The van der Waals surface area contributed by atoms with Crippen LogP contribution in [0, 0.1) is 0 Å². The summed E-state index contributed by atoms with van der Waals surface area (Å²) in [5.41, 5.74) is 3.79. The summed E-state index contributed by atoms with van der Waals surface area (Å²) in [6.45, 7) is 0. The second-order valence-electron chi connectivity index (χ2n) is 6.47. The van der Waals surface area contributed by atoms with Gasteiger partial charge in [0.25, 0.3) is 0 Å². The van der Waals surface area contributed by atoms with E-state index in [2.05, 4.69) is 29.6 Å².